The number of carbonyl (C=O) groups is 3. The van der Waals surface area contributed by atoms with E-state index in [0.29, 0.717) is 44.8 Å². The Morgan fingerprint density at radius 1 is 0.962 bits per heavy atom. The zero-order valence-electron chi connectivity index (χ0n) is 15.1. The van der Waals surface area contributed by atoms with E-state index in [4.69, 9.17) is 4.74 Å². The van der Waals surface area contributed by atoms with E-state index < -0.39 is 0 Å². The molecule has 26 heavy (non-hydrogen) atoms. The molecule has 0 bridgehead atoms. The minimum absolute atomic E-state index is 0.0118. The van der Waals surface area contributed by atoms with Crippen LogP contribution in [0.3, 0.4) is 0 Å². The van der Waals surface area contributed by atoms with Crippen molar-refractivity contribution in [2.75, 3.05) is 32.8 Å². The highest BCUT2D eigenvalue weighted by molar-refractivity contribution is 5.96. The molecular formula is C20H26N2O4. The lowest BCUT2D eigenvalue weighted by molar-refractivity contribution is -0.139. The second kappa shape index (κ2) is 8.94. The molecule has 2 aliphatic rings. The number of hydrogen-bond donors (Lipinski definition) is 0. The van der Waals surface area contributed by atoms with Crippen LogP contribution in [0, 0.1) is 0 Å². The molecular weight excluding hydrogens is 332 g/mol. The van der Waals surface area contributed by atoms with Crippen molar-refractivity contribution in [2.45, 2.75) is 38.1 Å². The molecule has 1 atom stereocenters. The van der Waals surface area contributed by atoms with Crippen LogP contribution in [0.15, 0.2) is 30.3 Å². The van der Waals surface area contributed by atoms with Crippen LogP contribution in [-0.2, 0) is 14.3 Å². The SMILES string of the molecule is O=C(CC1CCCN1C(=O)CCC(=O)N1CCOCC1)c1ccccc1. The fourth-order valence-corrected chi connectivity index (χ4v) is 3.66. The number of amides is 2. The number of rotatable bonds is 6. The van der Waals surface area contributed by atoms with Crippen molar-refractivity contribution in [1.29, 1.82) is 0 Å². The number of morpholine rings is 1. The van der Waals surface area contributed by atoms with E-state index in [2.05, 4.69) is 0 Å². The van der Waals surface area contributed by atoms with Gasteiger partial charge in [-0.25, -0.2) is 0 Å². The summed E-state index contributed by atoms with van der Waals surface area (Å²) in [6, 6.07) is 9.15. The largest absolute Gasteiger partial charge is 0.378 e. The van der Waals surface area contributed by atoms with Gasteiger partial charge in [-0.3, -0.25) is 14.4 Å². The summed E-state index contributed by atoms with van der Waals surface area (Å²) in [5, 5.41) is 0. The van der Waals surface area contributed by atoms with Crippen molar-refractivity contribution in [1.82, 2.24) is 9.80 Å². The average Bonchev–Trinajstić information content (AvgIpc) is 3.15. The van der Waals surface area contributed by atoms with Crippen LogP contribution >= 0.6 is 0 Å². The molecule has 2 heterocycles. The maximum atomic E-state index is 12.6. The summed E-state index contributed by atoms with van der Waals surface area (Å²) < 4.78 is 5.24. The molecule has 2 fully saturated rings. The summed E-state index contributed by atoms with van der Waals surface area (Å²) in [5.41, 5.74) is 0.689. The van der Waals surface area contributed by atoms with Crippen molar-refractivity contribution >= 4 is 17.6 Å². The summed E-state index contributed by atoms with van der Waals surface area (Å²) in [5.74, 6) is 0.0624. The highest BCUT2D eigenvalue weighted by Crippen LogP contribution is 2.23. The number of likely N-dealkylation sites (tertiary alicyclic amines) is 1. The Balaban J connectivity index is 1.50. The molecule has 0 aromatic heterocycles. The summed E-state index contributed by atoms with van der Waals surface area (Å²) in [7, 11) is 0. The Morgan fingerprint density at radius 2 is 1.65 bits per heavy atom. The first-order valence-corrected chi connectivity index (χ1v) is 9.38. The van der Waals surface area contributed by atoms with Gasteiger partial charge in [0.1, 0.15) is 0 Å². The van der Waals surface area contributed by atoms with Gasteiger partial charge in [0.15, 0.2) is 5.78 Å². The average molecular weight is 358 g/mol. The molecule has 1 aromatic carbocycles. The van der Waals surface area contributed by atoms with Crippen LogP contribution < -0.4 is 0 Å². The lowest BCUT2D eigenvalue weighted by Gasteiger charge is -2.28. The molecule has 1 unspecified atom stereocenters. The first-order chi connectivity index (χ1) is 12.6. The first kappa shape index (κ1) is 18.6. The molecule has 0 radical (unpaired) electrons. The van der Waals surface area contributed by atoms with Crippen molar-refractivity contribution in [3.05, 3.63) is 35.9 Å². The summed E-state index contributed by atoms with van der Waals surface area (Å²) in [6.45, 7) is 3.01. The molecule has 3 rings (SSSR count). The zero-order chi connectivity index (χ0) is 18.4. The van der Waals surface area contributed by atoms with Crippen LogP contribution in [-0.4, -0.2) is 66.3 Å². The predicted molar refractivity (Wildman–Crippen MR) is 96.8 cm³/mol. The number of benzene rings is 1. The monoisotopic (exact) mass is 358 g/mol. The number of carbonyl (C=O) groups excluding carboxylic acids is 3. The van der Waals surface area contributed by atoms with E-state index >= 15 is 0 Å². The van der Waals surface area contributed by atoms with Crippen LogP contribution in [0.1, 0.15) is 42.5 Å². The van der Waals surface area contributed by atoms with Gasteiger partial charge in [0.05, 0.1) is 13.2 Å². The minimum Gasteiger partial charge on any atom is -0.378 e. The van der Waals surface area contributed by atoms with Gasteiger partial charge in [-0.2, -0.15) is 0 Å². The molecule has 6 nitrogen and oxygen atoms in total. The van der Waals surface area contributed by atoms with E-state index in [1.54, 1.807) is 9.80 Å². The third-order valence-electron chi connectivity index (χ3n) is 5.13. The smallest absolute Gasteiger partial charge is 0.223 e. The van der Waals surface area contributed by atoms with E-state index in [9.17, 15) is 14.4 Å². The lowest BCUT2D eigenvalue weighted by atomic mass is 10.0. The van der Waals surface area contributed by atoms with Gasteiger partial charge in [-0.15, -0.1) is 0 Å². The summed E-state index contributed by atoms with van der Waals surface area (Å²) in [6.07, 6.45) is 2.56. The van der Waals surface area contributed by atoms with Gasteiger partial charge in [0.2, 0.25) is 11.8 Å². The Kier molecular flexibility index (Phi) is 6.39. The summed E-state index contributed by atoms with van der Waals surface area (Å²) >= 11 is 0. The van der Waals surface area contributed by atoms with Crippen molar-refractivity contribution in [3.63, 3.8) is 0 Å². The number of nitrogens with zero attached hydrogens (tertiary/aromatic N) is 2. The Bertz CT molecular complexity index is 640. The van der Waals surface area contributed by atoms with Gasteiger partial charge in [0, 0.05) is 50.5 Å². The Labute approximate surface area is 154 Å². The fraction of sp³-hybridized carbons (Fsp3) is 0.550. The van der Waals surface area contributed by atoms with Crippen LogP contribution in [0.2, 0.25) is 0 Å². The van der Waals surface area contributed by atoms with E-state index in [1.165, 1.54) is 0 Å². The van der Waals surface area contributed by atoms with E-state index in [0.717, 1.165) is 12.8 Å². The quantitative estimate of drug-likeness (QED) is 0.729. The maximum absolute atomic E-state index is 12.6. The molecule has 6 heteroatoms. The summed E-state index contributed by atoms with van der Waals surface area (Å²) in [4.78, 5) is 40.8. The van der Waals surface area contributed by atoms with Crippen molar-refractivity contribution < 1.29 is 19.1 Å². The lowest BCUT2D eigenvalue weighted by Crippen LogP contribution is -2.42. The number of ether oxygens (including phenoxy) is 1. The molecule has 0 aliphatic carbocycles. The molecule has 0 spiro atoms. The van der Waals surface area contributed by atoms with Crippen LogP contribution in [0.4, 0.5) is 0 Å². The minimum atomic E-state index is -0.0475. The molecule has 1 aromatic rings. The molecule has 2 saturated heterocycles. The van der Waals surface area contributed by atoms with Crippen LogP contribution in [0.25, 0.3) is 0 Å². The Morgan fingerprint density at radius 3 is 2.38 bits per heavy atom. The van der Waals surface area contributed by atoms with Gasteiger partial charge in [-0.05, 0) is 12.8 Å². The number of Topliss-reactive ketones (excluding diaryl/α,β-unsaturated/α-hetero) is 1. The topological polar surface area (TPSA) is 66.9 Å². The van der Waals surface area contributed by atoms with Crippen LogP contribution in [0.5, 0.6) is 0 Å². The highest BCUT2D eigenvalue weighted by atomic mass is 16.5. The first-order valence-electron chi connectivity index (χ1n) is 9.38. The molecule has 2 amide bonds. The predicted octanol–water partition coefficient (Wildman–Crippen LogP) is 1.89. The normalized spacial score (nSPS) is 20.2. The van der Waals surface area contributed by atoms with Gasteiger partial charge in [0.25, 0.3) is 0 Å². The van der Waals surface area contributed by atoms with Crippen molar-refractivity contribution in [2.24, 2.45) is 0 Å². The second-order valence-electron chi connectivity index (χ2n) is 6.87. The molecule has 0 saturated carbocycles. The molecule has 140 valence electrons. The zero-order valence-corrected chi connectivity index (χ0v) is 15.1. The second-order valence-corrected chi connectivity index (χ2v) is 6.87. The number of hydrogen-bond acceptors (Lipinski definition) is 4. The number of ketones is 1. The van der Waals surface area contributed by atoms with Gasteiger partial charge < -0.3 is 14.5 Å². The Hall–Kier alpha value is -2.21. The molecule has 0 N–H and O–H groups in total. The third kappa shape index (κ3) is 4.69. The van der Waals surface area contributed by atoms with Crippen molar-refractivity contribution in [3.8, 4) is 0 Å². The molecule has 2 aliphatic heterocycles. The standard InChI is InChI=1S/C20H26N2O4/c23-18(16-5-2-1-3-6-16)15-17-7-4-10-22(17)20(25)9-8-19(24)21-11-13-26-14-12-21/h1-3,5-6,17H,4,7-15H2. The van der Waals surface area contributed by atoms with Gasteiger partial charge >= 0.3 is 0 Å². The van der Waals surface area contributed by atoms with Gasteiger partial charge in [-0.1, -0.05) is 30.3 Å². The maximum Gasteiger partial charge on any atom is 0.223 e. The third-order valence-corrected chi connectivity index (χ3v) is 5.13. The highest BCUT2D eigenvalue weighted by Gasteiger charge is 2.31. The fourth-order valence-electron chi connectivity index (χ4n) is 3.66. The van der Waals surface area contributed by atoms with E-state index in [-0.39, 0.29) is 36.5 Å². The van der Waals surface area contributed by atoms with E-state index in [1.807, 2.05) is 30.3 Å².